The van der Waals surface area contributed by atoms with E-state index in [1.54, 1.807) is 36.5 Å². The first-order valence-corrected chi connectivity index (χ1v) is 17.5. The van der Waals surface area contributed by atoms with E-state index in [9.17, 15) is 14.0 Å². The molecule has 0 radical (unpaired) electrons. The largest absolute Gasteiger partial charge is 0.487 e. The Bertz CT molecular complexity index is 2010. The lowest BCUT2D eigenvalue weighted by atomic mass is 10.1. The predicted molar refractivity (Wildman–Crippen MR) is 207 cm³/mol. The zero-order chi connectivity index (χ0) is 36.5. The maximum absolute atomic E-state index is 13.1. The van der Waals surface area contributed by atoms with Gasteiger partial charge in [0.15, 0.2) is 18.1 Å². The molecule has 1 saturated heterocycles. The zero-order valence-corrected chi connectivity index (χ0v) is 31.2. The predicted octanol–water partition coefficient (Wildman–Crippen LogP) is 9.25. The number of nitrogens with zero attached hydrogens (tertiary/aromatic N) is 3. The number of piperazine rings is 1. The molecule has 0 atom stereocenters. The molecule has 1 amide bonds. The van der Waals surface area contributed by atoms with Crippen LogP contribution in [0.5, 0.6) is 23.1 Å². The number of carbonyl (C=O) groups is 2. The number of aryl methyl sites for hydroxylation is 1. The number of ether oxygens (including phenoxy) is 3. The highest BCUT2D eigenvalue weighted by molar-refractivity contribution is 6.32. The van der Waals surface area contributed by atoms with Gasteiger partial charge in [-0.05, 0) is 90.4 Å². The normalized spacial score (nSPS) is 13.0. The average Bonchev–Trinajstić information content (AvgIpc) is 3.15. The molecule has 5 aromatic rings. The van der Waals surface area contributed by atoms with Gasteiger partial charge in [0.25, 0.3) is 0 Å². The van der Waals surface area contributed by atoms with Gasteiger partial charge >= 0.3 is 0 Å². The summed E-state index contributed by atoms with van der Waals surface area (Å²) in [6.45, 7) is 5.51. The van der Waals surface area contributed by atoms with Gasteiger partial charge in [-0.15, -0.1) is 12.4 Å². The minimum atomic E-state index is -0.389. The average molecular weight is 777 g/mol. The lowest BCUT2D eigenvalue weighted by Gasteiger charge is -2.34. The summed E-state index contributed by atoms with van der Waals surface area (Å²) in [4.78, 5) is 33.8. The molecule has 6 rings (SSSR count). The van der Waals surface area contributed by atoms with Gasteiger partial charge < -0.3 is 19.1 Å². The number of aromatic nitrogens is 1. The molecule has 53 heavy (non-hydrogen) atoms. The highest BCUT2D eigenvalue weighted by Gasteiger charge is 2.20. The van der Waals surface area contributed by atoms with E-state index in [4.69, 9.17) is 37.4 Å². The van der Waals surface area contributed by atoms with Crippen LogP contribution in [0, 0.1) is 12.7 Å². The Kier molecular flexibility index (Phi) is 13.9. The summed E-state index contributed by atoms with van der Waals surface area (Å²) < 4.78 is 30.5. The number of carbonyl (C=O) groups excluding carboxylic acids is 2. The van der Waals surface area contributed by atoms with Crippen LogP contribution in [-0.4, -0.2) is 59.3 Å². The van der Waals surface area contributed by atoms with Crippen molar-refractivity contribution in [3.63, 3.8) is 0 Å². The molecule has 0 aliphatic carbocycles. The van der Waals surface area contributed by atoms with Crippen molar-refractivity contribution in [3.8, 4) is 23.1 Å². The number of benzene rings is 4. The van der Waals surface area contributed by atoms with Crippen molar-refractivity contribution in [1.82, 2.24) is 14.8 Å². The van der Waals surface area contributed by atoms with Crippen molar-refractivity contribution in [2.24, 2.45) is 0 Å². The van der Waals surface area contributed by atoms with Crippen LogP contribution in [0.3, 0.4) is 0 Å². The Morgan fingerprint density at radius 2 is 1.57 bits per heavy atom. The Balaban J connectivity index is 0.00000541. The molecule has 1 aromatic heterocycles. The van der Waals surface area contributed by atoms with Gasteiger partial charge in [-0.3, -0.25) is 14.5 Å². The smallest absolute Gasteiger partial charge is 0.246 e. The van der Waals surface area contributed by atoms with Gasteiger partial charge in [0.05, 0.1) is 11.2 Å². The van der Waals surface area contributed by atoms with Crippen molar-refractivity contribution in [2.75, 3.05) is 32.8 Å². The highest BCUT2D eigenvalue weighted by Crippen LogP contribution is 2.34. The number of hydrogen-bond acceptors (Lipinski definition) is 7. The van der Waals surface area contributed by atoms with Crippen LogP contribution < -0.4 is 14.2 Å². The molecule has 1 aliphatic rings. The molecule has 274 valence electrons. The van der Waals surface area contributed by atoms with E-state index in [2.05, 4.69) is 9.88 Å². The molecule has 4 aromatic carbocycles. The molecule has 0 spiro atoms. The number of rotatable bonds is 13. The van der Waals surface area contributed by atoms with Gasteiger partial charge in [-0.2, -0.15) is 0 Å². The quantitative estimate of drug-likeness (QED) is 0.0872. The molecule has 1 aliphatic heterocycles. The fourth-order valence-electron chi connectivity index (χ4n) is 5.59. The maximum atomic E-state index is 13.1. The van der Waals surface area contributed by atoms with Gasteiger partial charge in [0.1, 0.15) is 23.9 Å². The third-order valence-electron chi connectivity index (χ3n) is 8.49. The van der Waals surface area contributed by atoms with Gasteiger partial charge in [0.2, 0.25) is 11.8 Å². The molecule has 0 saturated carbocycles. The standard InChI is InChI=1S/C41H36Cl2FN3O5.ClH/c1-28-22-30(23-37(43)41(28)52-39-16-15-35(24-45-39)50-26-32-4-2-3-5-36(32)42)8-17-40(49)47-20-18-46(19-21-47)25-29-6-13-34(14-7-29)51-27-38(48)31-9-11-33(44)12-10-31;/h2-17,22-24H,18-21,25-27H2,1H3;1H. The molecule has 1 fully saturated rings. The number of hydrogen-bond donors (Lipinski definition) is 0. The molecule has 0 bridgehead atoms. The van der Waals surface area contributed by atoms with Crippen LogP contribution >= 0.6 is 35.6 Å². The second kappa shape index (κ2) is 18.7. The first kappa shape index (κ1) is 39.3. The van der Waals surface area contributed by atoms with E-state index in [1.807, 2.05) is 66.4 Å². The first-order valence-electron chi connectivity index (χ1n) is 16.7. The van der Waals surface area contributed by atoms with E-state index >= 15 is 0 Å². The van der Waals surface area contributed by atoms with Crippen molar-refractivity contribution in [2.45, 2.75) is 20.1 Å². The van der Waals surface area contributed by atoms with Crippen molar-refractivity contribution >= 4 is 53.4 Å². The molecule has 0 N–H and O–H groups in total. The first-order chi connectivity index (χ1) is 25.2. The van der Waals surface area contributed by atoms with Crippen LogP contribution in [0.25, 0.3) is 6.08 Å². The van der Waals surface area contributed by atoms with Crippen molar-refractivity contribution < 1.29 is 28.2 Å². The third-order valence-corrected chi connectivity index (χ3v) is 9.14. The van der Waals surface area contributed by atoms with Crippen LogP contribution in [-0.2, 0) is 17.9 Å². The summed E-state index contributed by atoms with van der Waals surface area (Å²) in [6, 6.07) is 27.6. The zero-order valence-electron chi connectivity index (χ0n) is 28.8. The Hall–Kier alpha value is -4.93. The fraction of sp³-hybridized carbons (Fsp3) is 0.195. The molecule has 2 heterocycles. The van der Waals surface area contributed by atoms with E-state index < -0.39 is 0 Å². The van der Waals surface area contributed by atoms with Crippen molar-refractivity contribution in [1.29, 1.82) is 0 Å². The summed E-state index contributed by atoms with van der Waals surface area (Å²) in [5.74, 6) is 1.34. The SMILES string of the molecule is Cc1cc(C=CC(=O)N2CCN(Cc3ccc(OCC(=O)c4ccc(F)cc4)cc3)CC2)cc(Cl)c1Oc1ccc(OCc2ccccc2Cl)cn1.Cl. The minimum absolute atomic E-state index is 0. The third kappa shape index (κ3) is 11.0. The lowest BCUT2D eigenvalue weighted by Crippen LogP contribution is -2.47. The number of amides is 1. The second-order valence-corrected chi connectivity index (χ2v) is 13.1. The number of Topliss-reactive ketones (excluding diaryl/α,β-unsaturated/α-hetero) is 1. The van der Waals surface area contributed by atoms with Crippen molar-refractivity contribution in [3.05, 3.63) is 153 Å². The fourth-order valence-corrected chi connectivity index (χ4v) is 6.10. The van der Waals surface area contributed by atoms with Crippen LogP contribution in [0.2, 0.25) is 10.0 Å². The monoisotopic (exact) mass is 775 g/mol. The molecule has 12 heteroatoms. The summed E-state index contributed by atoms with van der Waals surface area (Å²) >= 11 is 12.8. The molecular weight excluding hydrogens is 740 g/mol. The van der Waals surface area contributed by atoms with Gasteiger partial charge in [-0.25, -0.2) is 9.37 Å². The van der Waals surface area contributed by atoms with E-state index in [-0.39, 0.29) is 36.5 Å². The number of halogens is 4. The van der Waals surface area contributed by atoms with E-state index in [0.29, 0.717) is 58.4 Å². The van der Waals surface area contributed by atoms with Gasteiger partial charge in [0, 0.05) is 61.0 Å². The van der Waals surface area contributed by atoms with E-state index in [1.165, 1.54) is 24.3 Å². The number of ketones is 1. The summed E-state index contributed by atoms with van der Waals surface area (Å²) in [5.41, 5.74) is 3.96. The highest BCUT2D eigenvalue weighted by atomic mass is 35.5. The molecular formula is C41H37Cl3FN3O5. The Morgan fingerprint density at radius 3 is 2.25 bits per heavy atom. The second-order valence-electron chi connectivity index (χ2n) is 12.3. The maximum Gasteiger partial charge on any atom is 0.246 e. The van der Waals surface area contributed by atoms with Crippen LogP contribution in [0.1, 0.15) is 32.6 Å². The molecule has 8 nitrogen and oxygen atoms in total. The minimum Gasteiger partial charge on any atom is -0.487 e. The van der Waals surface area contributed by atoms with Gasteiger partial charge in [-0.1, -0.05) is 53.5 Å². The molecule has 0 unspecified atom stereocenters. The lowest BCUT2D eigenvalue weighted by molar-refractivity contribution is -0.127. The summed E-state index contributed by atoms with van der Waals surface area (Å²) in [6.07, 6.45) is 4.92. The van der Waals surface area contributed by atoms with Crippen LogP contribution in [0.15, 0.2) is 109 Å². The van der Waals surface area contributed by atoms with Crippen LogP contribution in [0.4, 0.5) is 4.39 Å². The number of pyridine rings is 1. The Morgan fingerprint density at radius 1 is 0.849 bits per heavy atom. The topological polar surface area (TPSA) is 81.2 Å². The summed E-state index contributed by atoms with van der Waals surface area (Å²) in [5, 5.41) is 1.04. The summed E-state index contributed by atoms with van der Waals surface area (Å²) in [7, 11) is 0. The Labute approximate surface area is 324 Å². The van der Waals surface area contributed by atoms with E-state index in [0.717, 1.165) is 41.9 Å².